The van der Waals surface area contributed by atoms with Crippen molar-refractivity contribution in [1.29, 1.82) is 0 Å². The molecule has 0 saturated carbocycles. The van der Waals surface area contributed by atoms with Gasteiger partial charge in [0, 0.05) is 24.0 Å². The first kappa shape index (κ1) is 26.2. The van der Waals surface area contributed by atoms with Crippen LogP contribution in [0.4, 0.5) is 0 Å². The van der Waals surface area contributed by atoms with Gasteiger partial charge in [-0.1, -0.05) is 85.6 Å². The van der Waals surface area contributed by atoms with Crippen molar-refractivity contribution in [3.05, 3.63) is 111 Å². The average molecular weight is 516 g/mol. The first-order valence-electron chi connectivity index (χ1n) is 12.5. The van der Waals surface area contributed by atoms with Crippen LogP contribution in [-0.4, -0.2) is 27.8 Å². The van der Waals surface area contributed by atoms with Crippen LogP contribution < -0.4 is 11.3 Å². The number of carbonyl (C=O) groups excluding carboxylic acids is 2. The molecule has 7 heteroatoms. The van der Waals surface area contributed by atoms with E-state index in [1.165, 1.54) is 23.0 Å². The second-order valence-corrected chi connectivity index (χ2v) is 9.39. The zero-order valence-corrected chi connectivity index (χ0v) is 21.6. The summed E-state index contributed by atoms with van der Waals surface area (Å²) in [5, 5.41) is 0.885. The highest BCUT2D eigenvalue weighted by atomic mass is 35.5. The van der Waals surface area contributed by atoms with Gasteiger partial charge in [0.25, 0.3) is 11.5 Å². The van der Waals surface area contributed by atoms with E-state index in [2.05, 4.69) is 37.3 Å². The smallest absolute Gasteiger partial charge is 0.264 e. The van der Waals surface area contributed by atoms with E-state index < -0.39 is 5.91 Å². The lowest BCUT2D eigenvalue weighted by Crippen LogP contribution is -2.33. The minimum atomic E-state index is -0.668. The largest absolute Gasteiger partial charge is 0.366 e. The number of rotatable bonds is 6. The Hall–Kier alpha value is -3.90. The molecule has 37 heavy (non-hydrogen) atoms. The number of likely N-dealkylation sites (tertiary alicyclic amines) is 1. The van der Waals surface area contributed by atoms with E-state index in [9.17, 15) is 14.4 Å². The summed E-state index contributed by atoms with van der Waals surface area (Å²) in [6, 6.07) is 24.5. The van der Waals surface area contributed by atoms with Crippen LogP contribution in [0.5, 0.6) is 0 Å². The molecular formula is C30H30ClN3O3. The van der Waals surface area contributed by atoms with Crippen LogP contribution in [0.1, 0.15) is 47.8 Å². The van der Waals surface area contributed by atoms with Crippen molar-refractivity contribution in [2.24, 2.45) is 5.73 Å². The molecule has 0 unspecified atom stereocenters. The summed E-state index contributed by atoms with van der Waals surface area (Å²) in [6.07, 6.45) is 3.66. The van der Waals surface area contributed by atoms with Crippen molar-refractivity contribution in [2.45, 2.75) is 39.2 Å². The summed E-state index contributed by atoms with van der Waals surface area (Å²) >= 11 is 6.31. The molecule has 3 aromatic carbocycles. The topological polar surface area (TPSA) is 85.4 Å². The Bertz CT molecular complexity index is 1470. The fraction of sp³-hybridized carbons (Fsp3) is 0.233. The molecule has 2 amide bonds. The minimum Gasteiger partial charge on any atom is -0.366 e. The highest BCUT2D eigenvalue weighted by molar-refractivity contribution is 6.36. The fourth-order valence-corrected chi connectivity index (χ4v) is 4.97. The van der Waals surface area contributed by atoms with Crippen molar-refractivity contribution in [1.82, 2.24) is 9.47 Å². The lowest BCUT2D eigenvalue weighted by Gasteiger charge is -2.23. The lowest BCUT2D eigenvalue weighted by molar-refractivity contribution is -0.128. The molecule has 5 rings (SSSR count). The molecule has 2 N–H and O–H groups in total. The van der Waals surface area contributed by atoms with Gasteiger partial charge in [-0.15, -0.1) is 0 Å². The number of pyridine rings is 1. The third kappa shape index (κ3) is 5.75. The number of carbonyl (C=O) groups is 2. The second kappa shape index (κ2) is 11.9. The zero-order valence-electron chi connectivity index (χ0n) is 20.8. The molecule has 190 valence electrons. The summed E-state index contributed by atoms with van der Waals surface area (Å²) in [7, 11) is 0. The van der Waals surface area contributed by atoms with Gasteiger partial charge in [-0.05, 0) is 36.6 Å². The molecule has 1 aliphatic heterocycles. The first-order chi connectivity index (χ1) is 17.9. The number of aryl methyl sites for hydroxylation is 1. The monoisotopic (exact) mass is 515 g/mol. The van der Waals surface area contributed by atoms with Gasteiger partial charge < -0.3 is 10.6 Å². The number of fused-ring (bicyclic) bond motifs is 1. The Morgan fingerprint density at radius 1 is 0.946 bits per heavy atom. The average Bonchev–Trinajstić information content (AvgIpc) is 3.30. The van der Waals surface area contributed by atoms with Crippen LogP contribution in [0.25, 0.3) is 16.5 Å². The van der Waals surface area contributed by atoms with Crippen LogP contribution in [-0.2, 0) is 17.8 Å². The van der Waals surface area contributed by atoms with E-state index in [4.69, 9.17) is 17.3 Å². The number of benzene rings is 3. The molecule has 0 bridgehead atoms. The molecule has 1 aliphatic rings. The van der Waals surface area contributed by atoms with Crippen LogP contribution in [0.3, 0.4) is 0 Å². The van der Waals surface area contributed by atoms with Gasteiger partial charge in [0.15, 0.2) is 0 Å². The Labute approximate surface area is 221 Å². The van der Waals surface area contributed by atoms with Crippen molar-refractivity contribution in [2.75, 3.05) is 6.54 Å². The Balaban J connectivity index is 0.000000301. The number of halogens is 1. The number of nitrogens with zero attached hydrogens (tertiary/aromatic N) is 2. The fourth-order valence-electron chi connectivity index (χ4n) is 4.71. The number of aromatic nitrogens is 1. The van der Waals surface area contributed by atoms with E-state index in [1.807, 2.05) is 6.07 Å². The van der Waals surface area contributed by atoms with Gasteiger partial charge in [0.2, 0.25) is 5.91 Å². The Morgan fingerprint density at radius 3 is 2.22 bits per heavy atom. The number of para-hydroxylation sites is 1. The maximum absolute atomic E-state index is 13.4. The van der Waals surface area contributed by atoms with Crippen LogP contribution in [0, 0.1) is 0 Å². The molecular weight excluding hydrogens is 486 g/mol. The van der Waals surface area contributed by atoms with Crippen LogP contribution >= 0.6 is 11.6 Å². The summed E-state index contributed by atoms with van der Waals surface area (Å²) in [4.78, 5) is 39.7. The quantitative estimate of drug-likeness (QED) is 0.367. The van der Waals surface area contributed by atoms with Gasteiger partial charge in [-0.2, -0.15) is 0 Å². The number of nitrogens with two attached hydrogens (primary N) is 1. The molecule has 0 radical (unpaired) electrons. The normalized spacial score (nSPS) is 12.9. The van der Waals surface area contributed by atoms with Gasteiger partial charge in [0.05, 0.1) is 28.2 Å². The van der Waals surface area contributed by atoms with Crippen LogP contribution in [0.15, 0.2) is 83.7 Å². The van der Waals surface area contributed by atoms with E-state index in [0.717, 1.165) is 6.42 Å². The van der Waals surface area contributed by atoms with Crippen molar-refractivity contribution in [3.63, 3.8) is 0 Å². The van der Waals surface area contributed by atoms with Gasteiger partial charge in [0.1, 0.15) is 0 Å². The second-order valence-electron chi connectivity index (χ2n) is 8.98. The highest BCUT2D eigenvalue weighted by Crippen LogP contribution is 2.28. The standard InChI is InChI=1S/C21H18ClN3O3.C9H12/c22-15-9-4-8-14-18(15)21(28)25(13-6-2-1-3-7-13)16(19(14)20(23)27)12-24-11-5-10-17(24)26;1-2-6-9-7-4-3-5-8-9/h1-4,6-9H,5,10-12H2,(H2,23,27);3-5,7-8H,2,6H2,1H3. The van der Waals surface area contributed by atoms with E-state index in [1.54, 1.807) is 47.4 Å². The predicted octanol–water partition coefficient (Wildman–Crippen LogP) is 5.50. The molecule has 0 atom stereocenters. The third-order valence-electron chi connectivity index (χ3n) is 6.41. The minimum absolute atomic E-state index is 0.00586. The number of hydrogen-bond acceptors (Lipinski definition) is 3. The number of primary amides is 1. The van der Waals surface area contributed by atoms with Crippen LogP contribution in [0.2, 0.25) is 5.02 Å². The predicted molar refractivity (Wildman–Crippen MR) is 148 cm³/mol. The zero-order chi connectivity index (χ0) is 26.4. The number of hydrogen-bond donors (Lipinski definition) is 1. The molecule has 0 spiro atoms. The van der Waals surface area contributed by atoms with E-state index in [-0.39, 0.29) is 34.0 Å². The molecule has 6 nitrogen and oxygen atoms in total. The molecule has 2 heterocycles. The summed E-state index contributed by atoms with van der Waals surface area (Å²) in [5.41, 5.74) is 8.02. The maximum atomic E-state index is 13.4. The van der Waals surface area contributed by atoms with E-state index >= 15 is 0 Å². The van der Waals surface area contributed by atoms with Gasteiger partial charge in [-0.25, -0.2) is 0 Å². The summed E-state index contributed by atoms with van der Waals surface area (Å²) < 4.78 is 1.44. The SMILES string of the molecule is CCCc1ccccc1.NC(=O)c1c(CN2CCCC2=O)n(-c2ccccc2)c(=O)c2c(Cl)cccc12. The molecule has 1 aromatic heterocycles. The molecule has 1 fully saturated rings. The Kier molecular flexibility index (Phi) is 8.41. The first-order valence-corrected chi connectivity index (χ1v) is 12.8. The lowest BCUT2D eigenvalue weighted by atomic mass is 10.0. The maximum Gasteiger partial charge on any atom is 0.264 e. The van der Waals surface area contributed by atoms with Gasteiger partial charge >= 0.3 is 0 Å². The highest BCUT2D eigenvalue weighted by Gasteiger charge is 2.27. The molecule has 0 aliphatic carbocycles. The summed E-state index contributed by atoms with van der Waals surface area (Å²) in [6.45, 7) is 2.91. The van der Waals surface area contributed by atoms with Gasteiger partial charge in [-0.3, -0.25) is 19.0 Å². The van der Waals surface area contributed by atoms with E-state index in [0.29, 0.717) is 29.7 Å². The number of amides is 2. The van der Waals surface area contributed by atoms with Crippen molar-refractivity contribution < 1.29 is 9.59 Å². The summed E-state index contributed by atoms with van der Waals surface area (Å²) in [5.74, 6) is -0.674. The molecule has 4 aromatic rings. The third-order valence-corrected chi connectivity index (χ3v) is 6.73. The van der Waals surface area contributed by atoms with Crippen molar-refractivity contribution >= 4 is 34.2 Å². The molecule has 1 saturated heterocycles. The Morgan fingerprint density at radius 2 is 1.62 bits per heavy atom. The van der Waals surface area contributed by atoms with Crippen molar-refractivity contribution in [3.8, 4) is 5.69 Å².